The Labute approximate surface area is 106 Å². The van der Waals surface area contributed by atoms with Gasteiger partial charge in [0.25, 0.3) is 0 Å². The molecule has 0 amide bonds. The molecule has 0 aromatic heterocycles. The Morgan fingerprint density at radius 3 is 2.41 bits per heavy atom. The van der Waals surface area contributed by atoms with Gasteiger partial charge in [0.05, 0.1) is 0 Å². The third kappa shape index (κ3) is 5.72. The Hall–Kier alpha value is -1.04. The van der Waals surface area contributed by atoms with Crippen molar-refractivity contribution in [2.45, 2.75) is 14.8 Å². The summed E-state index contributed by atoms with van der Waals surface area (Å²) in [6.07, 6.45) is 0. The Bertz CT molecular complexity index is 410. The van der Waals surface area contributed by atoms with Crippen LogP contribution in [0, 0.1) is 0 Å². The fourth-order valence-corrected chi connectivity index (χ4v) is 3.39. The summed E-state index contributed by atoms with van der Waals surface area (Å²) >= 11 is -2.54. The first-order chi connectivity index (χ1) is 7.88. The van der Waals surface area contributed by atoms with Gasteiger partial charge in [-0.15, -0.1) is 0 Å². The zero-order valence-corrected chi connectivity index (χ0v) is 13.2. The Morgan fingerprint density at radius 2 is 1.88 bits per heavy atom. The predicted molar refractivity (Wildman–Crippen MR) is 68.4 cm³/mol. The first-order valence-electron chi connectivity index (χ1n) is 5.45. The summed E-state index contributed by atoms with van der Waals surface area (Å²) in [6, 6.07) is 9.01. The zero-order valence-electron chi connectivity index (χ0n) is 10.4. The van der Waals surface area contributed by atoms with Crippen LogP contribution in [0.2, 0.25) is 14.8 Å². The summed E-state index contributed by atoms with van der Waals surface area (Å²) in [6.45, 7) is -0.00504. The van der Waals surface area contributed by atoms with Gasteiger partial charge in [0.2, 0.25) is 0 Å². The second-order valence-electron chi connectivity index (χ2n) is 4.65. The molecule has 0 bridgehead atoms. The van der Waals surface area contributed by atoms with Gasteiger partial charge in [0, 0.05) is 0 Å². The number of nitrogens with one attached hydrogen (secondary N) is 1. The third-order valence-electron chi connectivity index (χ3n) is 1.87. The quantitative estimate of drug-likeness (QED) is 0.474. The van der Waals surface area contributed by atoms with Crippen LogP contribution in [-0.4, -0.2) is 42.3 Å². The molecule has 17 heavy (non-hydrogen) atoms. The third-order valence-corrected chi connectivity index (χ3v) is 4.26. The Kier molecular flexibility index (Phi) is 4.99. The van der Waals surface area contributed by atoms with Crippen molar-refractivity contribution in [3.05, 3.63) is 35.9 Å². The van der Waals surface area contributed by atoms with E-state index in [0.29, 0.717) is 5.56 Å². The zero-order chi connectivity index (χ0) is 12.9. The van der Waals surface area contributed by atoms with Crippen LogP contribution in [-0.2, 0) is 7.87 Å². The van der Waals surface area contributed by atoms with Gasteiger partial charge in [0.1, 0.15) is 0 Å². The molecule has 1 aromatic rings. The topological polar surface area (TPSA) is 60.5 Å². The first kappa shape index (κ1) is 14.0. The fourth-order valence-electron chi connectivity index (χ4n) is 1.23. The van der Waals surface area contributed by atoms with E-state index in [1.54, 1.807) is 12.1 Å². The second-order valence-corrected chi connectivity index (χ2v) is 17.3. The summed E-state index contributed by atoms with van der Waals surface area (Å²) in [5.41, 5.74) is 0.652. The molecule has 0 aliphatic carbocycles. The second kappa shape index (κ2) is 6.04. The van der Waals surface area contributed by atoms with Crippen molar-refractivity contribution < 1.29 is 18.0 Å². The standard InChI is InChI=1S/C9H9NO3.3CH3.Sn/c11-8(12)6-10-9(13)7-4-2-1-3-5-7;;;;/h1-5H,6H2,(H,10,13)(H,11,12);3*1H3;/q;;;;+1. The molecule has 0 aliphatic heterocycles. The molecule has 92 valence electrons. The van der Waals surface area contributed by atoms with Gasteiger partial charge in [-0.3, -0.25) is 0 Å². The van der Waals surface area contributed by atoms with E-state index < -0.39 is 18.8 Å². The SMILES string of the molecule is [CH3][Sn]([CH3])([CH3])[O]C(=O)C[NH+]=C(O)c1ccccc1. The normalized spacial score (nSPS) is 12.3. The molecule has 0 radical (unpaired) electrons. The van der Waals surface area contributed by atoms with E-state index in [-0.39, 0.29) is 18.4 Å². The predicted octanol–water partition coefficient (Wildman–Crippen LogP) is 0.450. The van der Waals surface area contributed by atoms with Crippen LogP contribution in [0.25, 0.3) is 0 Å². The molecule has 1 rings (SSSR count). The van der Waals surface area contributed by atoms with Crippen LogP contribution in [0.1, 0.15) is 5.56 Å². The molecule has 0 spiro atoms. The number of hydrogen-bond acceptors (Lipinski definition) is 2. The van der Waals surface area contributed by atoms with Crippen molar-refractivity contribution in [3.8, 4) is 0 Å². The number of aliphatic hydroxyl groups is 1. The molecule has 5 heteroatoms. The molecule has 0 saturated carbocycles. The number of hydrogen-bond donors (Lipinski definition) is 2. The molecule has 0 aliphatic rings. The van der Waals surface area contributed by atoms with Crippen molar-refractivity contribution >= 4 is 30.7 Å². The maximum absolute atomic E-state index is 11.4. The van der Waals surface area contributed by atoms with E-state index in [0.717, 1.165) is 0 Å². The minimum absolute atomic E-state index is 0.00504. The summed E-state index contributed by atoms with van der Waals surface area (Å²) in [5.74, 6) is -0.317. The van der Waals surface area contributed by atoms with Crippen LogP contribution in [0.4, 0.5) is 0 Å². The molecule has 4 nitrogen and oxygen atoms in total. The van der Waals surface area contributed by atoms with Crippen molar-refractivity contribution in [1.82, 2.24) is 0 Å². The van der Waals surface area contributed by atoms with E-state index >= 15 is 0 Å². The number of benzene rings is 1. The Balaban J connectivity index is 2.57. The van der Waals surface area contributed by atoms with Gasteiger partial charge < -0.3 is 0 Å². The first-order valence-corrected chi connectivity index (χ1v) is 15.2. The van der Waals surface area contributed by atoms with Crippen LogP contribution < -0.4 is 4.99 Å². The minimum atomic E-state index is -2.54. The molecule has 0 heterocycles. The molecule has 1 aromatic carbocycles. The monoisotopic (exact) mass is 344 g/mol. The molecular weight excluding hydrogens is 325 g/mol. The summed E-state index contributed by atoms with van der Waals surface area (Å²) in [5, 5.41) is 9.68. The van der Waals surface area contributed by atoms with Crippen molar-refractivity contribution in [2.24, 2.45) is 0 Å². The van der Waals surface area contributed by atoms with E-state index in [9.17, 15) is 9.90 Å². The molecule has 0 atom stereocenters. The number of carbonyl (C=O) groups is 1. The van der Waals surface area contributed by atoms with Crippen LogP contribution in [0.3, 0.4) is 0 Å². The molecule has 0 saturated heterocycles. The maximum atomic E-state index is 11.4. The van der Waals surface area contributed by atoms with Gasteiger partial charge in [-0.25, -0.2) is 0 Å². The summed E-state index contributed by atoms with van der Waals surface area (Å²) in [4.78, 5) is 20.1. The molecular formula is C12H18NO3Sn+. The van der Waals surface area contributed by atoms with E-state index in [4.69, 9.17) is 3.07 Å². The average Bonchev–Trinajstić information content (AvgIpc) is 2.25. The summed E-state index contributed by atoms with van der Waals surface area (Å²) < 4.78 is 5.31. The van der Waals surface area contributed by atoms with Crippen LogP contribution in [0.15, 0.2) is 30.3 Å². The summed E-state index contributed by atoms with van der Waals surface area (Å²) in [7, 11) is 0. The average molecular weight is 343 g/mol. The van der Waals surface area contributed by atoms with Gasteiger partial charge >= 0.3 is 106 Å². The molecule has 0 fully saturated rings. The van der Waals surface area contributed by atoms with Crippen molar-refractivity contribution in [1.29, 1.82) is 0 Å². The van der Waals surface area contributed by atoms with Gasteiger partial charge in [-0.05, 0) is 0 Å². The van der Waals surface area contributed by atoms with Crippen LogP contribution >= 0.6 is 0 Å². The Morgan fingerprint density at radius 1 is 1.29 bits per heavy atom. The molecule has 0 unspecified atom stereocenters. The van der Waals surface area contributed by atoms with E-state index in [1.807, 2.05) is 33.0 Å². The van der Waals surface area contributed by atoms with E-state index in [2.05, 4.69) is 4.99 Å². The van der Waals surface area contributed by atoms with Crippen LogP contribution in [0.5, 0.6) is 0 Å². The van der Waals surface area contributed by atoms with Gasteiger partial charge in [0.15, 0.2) is 0 Å². The number of aliphatic hydroxyl groups excluding tert-OH is 1. The fraction of sp³-hybridized carbons (Fsp3) is 0.333. The number of carbonyl (C=O) groups excluding carboxylic acids is 1. The van der Waals surface area contributed by atoms with Gasteiger partial charge in [-0.2, -0.15) is 0 Å². The van der Waals surface area contributed by atoms with Crippen molar-refractivity contribution in [3.63, 3.8) is 0 Å². The van der Waals surface area contributed by atoms with E-state index in [1.165, 1.54) is 0 Å². The number of rotatable bonds is 4. The van der Waals surface area contributed by atoms with Crippen molar-refractivity contribution in [2.75, 3.05) is 6.54 Å². The molecule has 2 N–H and O–H groups in total. The van der Waals surface area contributed by atoms with Gasteiger partial charge in [-0.1, -0.05) is 0 Å².